The van der Waals surface area contributed by atoms with Crippen LogP contribution in [0.25, 0.3) is 0 Å². The first-order valence-electron chi connectivity index (χ1n) is 7.37. The van der Waals surface area contributed by atoms with Gasteiger partial charge in [0.25, 0.3) is 5.56 Å². The van der Waals surface area contributed by atoms with Crippen LogP contribution in [0.3, 0.4) is 0 Å². The van der Waals surface area contributed by atoms with E-state index in [-0.39, 0.29) is 22.5 Å². The second-order valence-electron chi connectivity index (χ2n) is 5.01. The number of ether oxygens (including phenoxy) is 1. The SMILES string of the molecule is O=C(Cn1ncc(Cl)c(Cl)c1=O)NCCCOCc1ccccc1. The number of carbonyl (C=O) groups excluding carboxylic acids is 1. The third kappa shape index (κ3) is 5.63. The van der Waals surface area contributed by atoms with E-state index in [4.69, 9.17) is 27.9 Å². The molecule has 1 aromatic heterocycles. The lowest BCUT2D eigenvalue weighted by Crippen LogP contribution is -2.34. The summed E-state index contributed by atoms with van der Waals surface area (Å²) in [5, 5.41) is 6.39. The zero-order valence-corrected chi connectivity index (χ0v) is 14.4. The molecule has 0 atom stereocenters. The summed E-state index contributed by atoms with van der Waals surface area (Å²) in [4.78, 5) is 23.5. The van der Waals surface area contributed by atoms with Crippen molar-refractivity contribution in [3.63, 3.8) is 0 Å². The van der Waals surface area contributed by atoms with Crippen molar-refractivity contribution in [2.45, 2.75) is 19.6 Å². The maximum Gasteiger partial charge on any atom is 0.287 e. The van der Waals surface area contributed by atoms with Crippen LogP contribution in [0.1, 0.15) is 12.0 Å². The van der Waals surface area contributed by atoms with Gasteiger partial charge in [0.2, 0.25) is 5.91 Å². The largest absolute Gasteiger partial charge is 0.377 e. The summed E-state index contributed by atoms with van der Waals surface area (Å²) in [5.41, 5.74) is 0.511. The molecule has 2 aromatic rings. The Kier molecular flexibility index (Phi) is 7.24. The minimum absolute atomic E-state index is 0.0638. The lowest BCUT2D eigenvalue weighted by molar-refractivity contribution is -0.121. The highest BCUT2D eigenvalue weighted by atomic mass is 35.5. The molecule has 128 valence electrons. The molecule has 24 heavy (non-hydrogen) atoms. The predicted molar refractivity (Wildman–Crippen MR) is 92.2 cm³/mol. The lowest BCUT2D eigenvalue weighted by Gasteiger charge is -2.08. The van der Waals surface area contributed by atoms with Crippen LogP contribution < -0.4 is 10.9 Å². The molecule has 1 amide bonds. The highest BCUT2D eigenvalue weighted by Crippen LogP contribution is 2.14. The first kappa shape index (κ1) is 18.4. The molecule has 0 bridgehead atoms. The monoisotopic (exact) mass is 369 g/mol. The minimum atomic E-state index is -0.592. The summed E-state index contributed by atoms with van der Waals surface area (Å²) < 4.78 is 6.48. The van der Waals surface area contributed by atoms with Gasteiger partial charge < -0.3 is 10.1 Å². The van der Waals surface area contributed by atoms with E-state index in [0.717, 1.165) is 10.2 Å². The van der Waals surface area contributed by atoms with Crippen LogP contribution in [-0.4, -0.2) is 28.8 Å². The lowest BCUT2D eigenvalue weighted by atomic mass is 10.2. The summed E-state index contributed by atoms with van der Waals surface area (Å²) in [6.07, 6.45) is 1.90. The van der Waals surface area contributed by atoms with Gasteiger partial charge in [0.1, 0.15) is 11.6 Å². The molecule has 0 saturated carbocycles. The third-order valence-corrected chi connectivity index (χ3v) is 3.88. The summed E-state index contributed by atoms with van der Waals surface area (Å²) in [5.74, 6) is -0.328. The van der Waals surface area contributed by atoms with Crippen molar-refractivity contribution in [3.8, 4) is 0 Å². The average molecular weight is 370 g/mol. The molecule has 0 unspecified atom stereocenters. The number of hydrogen-bond acceptors (Lipinski definition) is 4. The van der Waals surface area contributed by atoms with Crippen molar-refractivity contribution in [3.05, 3.63) is 62.5 Å². The molecule has 1 N–H and O–H groups in total. The van der Waals surface area contributed by atoms with Crippen molar-refractivity contribution in [2.24, 2.45) is 0 Å². The fourth-order valence-corrected chi connectivity index (χ4v) is 2.19. The van der Waals surface area contributed by atoms with Crippen LogP contribution in [0, 0.1) is 0 Å². The molecule has 1 heterocycles. The van der Waals surface area contributed by atoms with E-state index in [1.54, 1.807) is 0 Å². The molecule has 0 fully saturated rings. The van der Waals surface area contributed by atoms with Gasteiger partial charge in [0, 0.05) is 13.2 Å². The summed E-state index contributed by atoms with van der Waals surface area (Å²) in [6.45, 7) is 1.31. The normalized spacial score (nSPS) is 10.6. The second-order valence-corrected chi connectivity index (χ2v) is 5.80. The van der Waals surface area contributed by atoms with Crippen LogP contribution in [0.5, 0.6) is 0 Å². The van der Waals surface area contributed by atoms with E-state index >= 15 is 0 Å². The summed E-state index contributed by atoms with van der Waals surface area (Å²) in [6, 6.07) is 9.84. The van der Waals surface area contributed by atoms with Crippen LogP contribution >= 0.6 is 23.2 Å². The second kappa shape index (κ2) is 9.42. The van der Waals surface area contributed by atoms with E-state index in [2.05, 4.69) is 10.4 Å². The number of nitrogens with zero attached hydrogens (tertiary/aromatic N) is 2. The van der Waals surface area contributed by atoms with Crippen LogP contribution in [0.4, 0.5) is 0 Å². The Balaban J connectivity index is 1.65. The fraction of sp³-hybridized carbons (Fsp3) is 0.312. The first-order valence-corrected chi connectivity index (χ1v) is 8.13. The Hall–Kier alpha value is -1.89. The maximum atomic E-state index is 11.8. The number of nitrogens with one attached hydrogen (secondary N) is 1. The van der Waals surface area contributed by atoms with Gasteiger partial charge in [-0.05, 0) is 12.0 Å². The number of carbonyl (C=O) groups is 1. The number of halogens is 2. The van der Waals surface area contributed by atoms with Gasteiger partial charge in [-0.2, -0.15) is 5.10 Å². The van der Waals surface area contributed by atoms with Gasteiger partial charge in [-0.25, -0.2) is 4.68 Å². The maximum absolute atomic E-state index is 11.8. The van der Waals surface area contributed by atoms with Gasteiger partial charge in [-0.3, -0.25) is 9.59 Å². The number of benzene rings is 1. The van der Waals surface area contributed by atoms with E-state index in [1.807, 2.05) is 30.3 Å². The first-order chi connectivity index (χ1) is 11.6. The molecule has 1 aromatic carbocycles. The average Bonchev–Trinajstić information content (AvgIpc) is 2.59. The summed E-state index contributed by atoms with van der Waals surface area (Å²) >= 11 is 11.4. The molecule has 0 aliphatic rings. The Morgan fingerprint density at radius 2 is 2.00 bits per heavy atom. The van der Waals surface area contributed by atoms with Crippen molar-refractivity contribution >= 4 is 29.1 Å². The molecule has 0 aliphatic carbocycles. The number of aromatic nitrogens is 2. The smallest absolute Gasteiger partial charge is 0.287 e. The molecular formula is C16H17Cl2N3O3. The van der Waals surface area contributed by atoms with Crippen molar-refractivity contribution in [1.82, 2.24) is 15.1 Å². The van der Waals surface area contributed by atoms with Crippen molar-refractivity contribution in [1.29, 1.82) is 0 Å². The standard InChI is InChI=1S/C16H17Cl2N3O3/c17-13-9-20-21(16(23)15(13)18)10-14(22)19-7-4-8-24-11-12-5-2-1-3-6-12/h1-3,5-6,9H,4,7-8,10-11H2,(H,19,22). The molecule has 0 aliphatic heterocycles. The number of hydrogen-bond donors (Lipinski definition) is 1. The molecule has 0 radical (unpaired) electrons. The quantitative estimate of drug-likeness (QED) is 0.724. The Labute approximate surface area is 149 Å². The molecular weight excluding hydrogens is 353 g/mol. The van der Waals surface area contributed by atoms with Crippen LogP contribution in [-0.2, 0) is 22.7 Å². The van der Waals surface area contributed by atoms with Gasteiger partial charge >= 0.3 is 0 Å². The zero-order valence-electron chi connectivity index (χ0n) is 12.9. The van der Waals surface area contributed by atoms with E-state index in [9.17, 15) is 9.59 Å². The number of rotatable bonds is 8. The van der Waals surface area contributed by atoms with Crippen molar-refractivity contribution in [2.75, 3.05) is 13.2 Å². The molecule has 6 nitrogen and oxygen atoms in total. The van der Waals surface area contributed by atoms with Gasteiger partial charge in [-0.15, -0.1) is 0 Å². The zero-order chi connectivity index (χ0) is 17.4. The highest BCUT2D eigenvalue weighted by molar-refractivity contribution is 6.41. The minimum Gasteiger partial charge on any atom is -0.377 e. The van der Waals surface area contributed by atoms with E-state index in [1.165, 1.54) is 6.20 Å². The molecule has 0 spiro atoms. The highest BCUT2D eigenvalue weighted by Gasteiger charge is 2.10. The van der Waals surface area contributed by atoms with Crippen LogP contribution in [0.15, 0.2) is 41.3 Å². The van der Waals surface area contributed by atoms with E-state index < -0.39 is 5.56 Å². The fourth-order valence-electron chi connectivity index (χ4n) is 1.92. The van der Waals surface area contributed by atoms with Crippen molar-refractivity contribution < 1.29 is 9.53 Å². The molecule has 8 heteroatoms. The Morgan fingerprint density at radius 1 is 1.25 bits per heavy atom. The van der Waals surface area contributed by atoms with Gasteiger partial charge in [-0.1, -0.05) is 53.5 Å². The summed E-state index contributed by atoms with van der Waals surface area (Å²) in [7, 11) is 0. The number of amides is 1. The topological polar surface area (TPSA) is 73.2 Å². The molecule has 0 saturated heterocycles. The van der Waals surface area contributed by atoms with Crippen LogP contribution in [0.2, 0.25) is 10.0 Å². The third-order valence-electron chi connectivity index (χ3n) is 3.13. The van der Waals surface area contributed by atoms with E-state index in [0.29, 0.717) is 26.2 Å². The Morgan fingerprint density at radius 3 is 2.75 bits per heavy atom. The van der Waals surface area contributed by atoms with Gasteiger partial charge in [0.05, 0.1) is 17.8 Å². The predicted octanol–water partition coefficient (Wildman–Crippen LogP) is 2.27. The Bertz CT molecular complexity index is 735. The molecule has 2 rings (SSSR count). The van der Waals surface area contributed by atoms with Gasteiger partial charge in [0.15, 0.2) is 0 Å².